The summed E-state index contributed by atoms with van der Waals surface area (Å²) in [7, 11) is 0. The van der Waals surface area contributed by atoms with Crippen LogP contribution in [-0.4, -0.2) is 140 Å². The van der Waals surface area contributed by atoms with Gasteiger partial charge in [0.15, 0.2) is 12.6 Å². The van der Waals surface area contributed by atoms with E-state index in [-0.39, 0.29) is 18.9 Å². The van der Waals surface area contributed by atoms with E-state index >= 15 is 0 Å². The van der Waals surface area contributed by atoms with Gasteiger partial charge in [0.2, 0.25) is 5.91 Å². The molecule has 2 heterocycles. The first-order chi connectivity index (χ1) is 46.6. The van der Waals surface area contributed by atoms with Crippen LogP contribution >= 0.6 is 0 Å². The molecule has 558 valence electrons. The van der Waals surface area contributed by atoms with Crippen LogP contribution in [0.3, 0.4) is 0 Å². The molecule has 2 aliphatic rings. The summed E-state index contributed by atoms with van der Waals surface area (Å²) in [5.41, 5.74) is 0. The fourth-order valence-corrected chi connectivity index (χ4v) is 13.4. The van der Waals surface area contributed by atoms with Gasteiger partial charge in [-0.05, 0) is 57.8 Å². The number of amides is 1. The van der Waals surface area contributed by atoms with Gasteiger partial charge in [0.1, 0.15) is 48.8 Å². The molecule has 2 fully saturated rings. The lowest BCUT2D eigenvalue weighted by Gasteiger charge is -2.46. The summed E-state index contributed by atoms with van der Waals surface area (Å²) in [4.78, 5) is 13.4. The zero-order valence-corrected chi connectivity index (χ0v) is 61.2. The first kappa shape index (κ1) is 89.0. The lowest BCUT2D eigenvalue weighted by atomic mass is 9.97. The van der Waals surface area contributed by atoms with Crippen LogP contribution in [0.1, 0.15) is 367 Å². The SMILES string of the molecule is CCCCCCC/C=C\C/C=C\C/C=C\CCCCCCCCCCCCCCCCCCCCCCCCC(=O)NC(COC1OC(CO)C(OC2OC(CO)C(O)C(O)C2O)C(O)C1O)C(O)/C=C/CCCCCCCCCCCCCCCCCCCCCCCC. The summed E-state index contributed by atoms with van der Waals surface area (Å²) in [6, 6.07) is -0.915. The van der Waals surface area contributed by atoms with E-state index in [2.05, 4.69) is 55.6 Å². The van der Waals surface area contributed by atoms with Crippen molar-refractivity contribution in [1.29, 1.82) is 0 Å². The van der Waals surface area contributed by atoms with Crippen LogP contribution in [0.2, 0.25) is 0 Å². The Morgan fingerprint density at radius 3 is 1.06 bits per heavy atom. The van der Waals surface area contributed by atoms with Crippen molar-refractivity contribution in [3.63, 3.8) is 0 Å². The summed E-state index contributed by atoms with van der Waals surface area (Å²) >= 11 is 0. The molecular formula is C81H151NO13. The Hall–Kier alpha value is -2.05. The maximum Gasteiger partial charge on any atom is 0.220 e. The van der Waals surface area contributed by atoms with Crippen molar-refractivity contribution in [3.05, 3.63) is 48.6 Å². The molecule has 0 aliphatic carbocycles. The number of carbonyl (C=O) groups is 1. The van der Waals surface area contributed by atoms with E-state index in [0.29, 0.717) is 6.42 Å². The number of rotatable bonds is 68. The van der Waals surface area contributed by atoms with Gasteiger partial charge in [-0.15, -0.1) is 0 Å². The molecule has 14 nitrogen and oxygen atoms in total. The van der Waals surface area contributed by atoms with Crippen molar-refractivity contribution in [3.8, 4) is 0 Å². The van der Waals surface area contributed by atoms with Crippen molar-refractivity contribution < 1.29 is 64.6 Å². The van der Waals surface area contributed by atoms with Crippen LogP contribution in [0.5, 0.6) is 0 Å². The van der Waals surface area contributed by atoms with Crippen LogP contribution in [0.15, 0.2) is 48.6 Å². The third-order valence-electron chi connectivity index (χ3n) is 19.8. The molecule has 0 radical (unpaired) electrons. The first-order valence-corrected chi connectivity index (χ1v) is 40.4. The van der Waals surface area contributed by atoms with Crippen LogP contribution in [0, 0.1) is 0 Å². The Morgan fingerprint density at radius 2 is 0.695 bits per heavy atom. The van der Waals surface area contributed by atoms with Gasteiger partial charge < -0.3 is 65.1 Å². The van der Waals surface area contributed by atoms with Gasteiger partial charge in [-0.25, -0.2) is 0 Å². The highest BCUT2D eigenvalue weighted by Crippen LogP contribution is 2.30. The molecular weight excluding hydrogens is 1190 g/mol. The molecule has 1 amide bonds. The third-order valence-corrected chi connectivity index (χ3v) is 19.8. The number of aliphatic hydroxyl groups excluding tert-OH is 8. The molecule has 95 heavy (non-hydrogen) atoms. The molecule has 2 aliphatic heterocycles. The molecule has 0 bridgehead atoms. The Bertz CT molecular complexity index is 1780. The van der Waals surface area contributed by atoms with E-state index in [1.54, 1.807) is 6.08 Å². The average Bonchev–Trinajstić information content (AvgIpc) is 0.927. The lowest BCUT2D eigenvalue weighted by molar-refractivity contribution is -0.359. The summed E-state index contributed by atoms with van der Waals surface area (Å²) in [6.45, 7) is 2.85. The van der Waals surface area contributed by atoms with E-state index in [1.807, 2.05) is 6.08 Å². The number of hydrogen-bond acceptors (Lipinski definition) is 13. The smallest absolute Gasteiger partial charge is 0.220 e. The van der Waals surface area contributed by atoms with Gasteiger partial charge in [0, 0.05) is 6.42 Å². The molecule has 2 saturated heterocycles. The standard InChI is InChI=1S/C81H151NO13/c1-3-5-7-9-11-13-15-17-19-21-23-25-27-29-30-31-32-33-34-35-36-37-38-39-40-41-43-45-47-49-51-53-55-57-59-61-63-65-73(86)82-69(68-92-80-78(91)76(89)79(72(67-84)94-80)95-81-77(90)75(88)74(87)71(66-83)93-81)70(85)64-62-60-58-56-54-52-50-48-46-44-42-28-26-24-22-20-18-16-14-12-10-8-6-4-2/h15,17,21,23,27,29,62,64,69-72,74-81,83-85,87-91H,3-14,16,18-20,22,24-26,28,30-61,63,65-68H2,1-2H3,(H,82,86)/b17-15-,23-21-,29-27-,64-62+. The molecule has 9 N–H and O–H groups in total. The summed E-state index contributed by atoms with van der Waals surface area (Å²) < 4.78 is 22.9. The minimum absolute atomic E-state index is 0.232. The van der Waals surface area contributed by atoms with Crippen molar-refractivity contribution >= 4 is 5.91 Å². The van der Waals surface area contributed by atoms with E-state index in [1.165, 1.54) is 289 Å². The number of hydrogen-bond donors (Lipinski definition) is 9. The van der Waals surface area contributed by atoms with E-state index in [0.717, 1.165) is 51.4 Å². The summed E-state index contributed by atoms with van der Waals surface area (Å²) in [5.74, 6) is -0.232. The van der Waals surface area contributed by atoms with Gasteiger partial charge in [-0.1, -0.05) is 351 Å². The van der Waals surface area contributed by atoms with Gasteiger partial charge in [0.05, 0.1) is 32.0 Å². The molecule has 0 aromatic rings. The second-order valence-corrected chi connectivity index (χ2v) is 28.5. The van der Waals surface area contributed by atoms with Crippen molar-refractivity contribution in [2.45, 2.75) is 441 Å². The minimum atomic E-state index is -1.79. The van der Waals surface area contributed by atoms with Crippen LogP contribution < -0.4 is 5.32 Å². The normalized spacial score (nSPS) is 22.5. The second kappa shape index (κ2) is 65.3. The molecule has 14 heteroatoms. The fourth-order valence-electron chi connectivity index (χ4n) is 13.4. The molecule has 0 aromatic heterocycles. The monoisotopic (exact) mass is 1350 g/mol. The molecule has 2 rings (SSSR count). The predicted molar refractivity (Wildman–Crippen MR) is 392 cm³/mol. The highest BCUT2D eigenvalue weighted by Gasteiger charge is 2.51. The number of allylic oxidation sites excluding steroid dienone is 7. The Balaban J connectivity index is 1.59. The van der Waals surface area contributed by atoms with Crippen LogP contribution in [0.4, 0.5) is 0 Å². The van der Waals surface area contributed by atoms with Crippen LogP contribution in [-0.2, 0) is 23.7 Å². The minimum Gasteiger partial charge on any atom is -0.394 e. The fraction of sp³-hybridized carbons (Fsp3) is 0.889. The molecule has 12 atom stereocenters. The number of carbonyl (C=O) groups excluding carboxylic acids is 1. The largest absolute Gasteiger partial charge is 0.394 e. The zero-order valence-electron chi connectivity index (χ0n) is 61.2. The van der Waals surface area contributed by atoms with E-state index in [9.17, 15) is 45.6 Å². The zero-order chi connectivity index (χ0) is 68.7. The van der Waals surface area contributed by atoms with Gasteiger partial charge in [0.25, 0.3) is 0 Å². The van der Waals surface area contributed by atoms with Crippen LogP contribution in [0.25, 0.3) is 0 Å². The lowest BCUT2D eigenvalue weighted by Crippen LogP contribution is -2.65. The van der Waals surface area contributed by atoms with Crippen molar-refractivity contribution in [1.82, 2.24) is 5.32 Å². The molecule has 0 saturated carbocycles. The second-order valence-electron chi connectivity index (χ2n) is 28.5. The Kier molecular flexibility index (Phi) is 61.2. The van der Waals surface area contributed by atoms with Crippen molar-refractivity contribution in [2.75, 3.05) is 19.8 Å². The Labute approximate surface area is 582 Å². The first-order valence-electron chi connectivity index (χ1n) is 40.4. The molecule has 0 aromatic carbocycles. The van der Waals surface area contributed by atoms with E-state index < -0.39 is 86.8 Å². The van der Waals surface area contributed by atoms with Gasteiger partial charge in [-0.2, -0.15) is 0 Å². The maximum absolute atomic E-state index is 13.4. The highest BCUT2D eigenvalue weighted by atomic mass is 16.7. The number of ether oxygens (including phenoxy) is 4. The third kappa shape index (κ3) is 48.4. The Morgan fingerprint density at radius 1 is 0.379 bits per heavy atom. The maximum atomic E-state index is 13.4. The van der Waals surface area contributed by atoms with Crippen molar-refractivity contribution in [2.24, 2.45) is 0 Å². The summed E-state index contributed by atoms with van der Waals surface area (Å²) in [6.07, 6.45) is 70.5. The number of aliphatic hydroxyl groups is 8. The topological polar surface area (TPSA) is 228 Å². The summed E-state index contributed by atoms with van der Waals surface area (Å²) in [5, 5.41) is 87.7. The van der Waals surface area contributed by atoms with Gasteiger partial charge >= 0.3 is 0 Å². The van der Waals surface area contributed by atoms with Gasteiger partial charge in [-0.3, -0.25) is 4.79 Å². The molecule has 12 unspecified atom stereocenters. The van der Waals surface area contributed by atoms with E-state index in [4.69, 9.17) is 18.9 Å². The molecule has 0 spiro atoms. The average molecular weight is 1350 g/mol. The quantitative estimate of drug-likeness (QED) is 0.0204. The predicted octanol–water partition coefficient (Wildman–Crippen LogP) is 18.2. The number of unbranched alkanes of at least 4 members (excludes halogenated alkanes) is 49. The number of nitrogens with one attached hydrogen (secondary N) is 1. The highest BCUT2D eigenvalue weighted by molar-refractivity contribution is 5.76.